The van der Waals surface area contributed by atoms with Crippen molar-refractivity contribution in [3.8, 4) is 11.8 Å². The van der Waals surface area contributed by atoms with Gasteiger partial charge in [0.2, 0.25) is 0 Å². The maximum absolute atomic E-state index is 4.26. The average molecular weight is 231 g/mol. The van der Waals surface area contributed by atoms with E-state index in [1.807, 2.05) is 36.4 Å². The van der Waals surface area contributed by atoms with Crippen molar-refractivity contribution in [1.82, 2.24) is 15.0 Å². The van der Waals surface area contributed by atoms with Gasteiger partial charge < -0.3 is 0 Å². The van der Waals surface area contributed by atoms with E-state index in [4.69, 9.17) is 0 Å². The van der Waals surface area contributed by atoms with Crippen LogP contribution in [0.15, 0.2) is 55.1 Å². The van der Waals surface area contributed by atoms with Crippen LogP contribution in [0.4, 0.5) is 0 Å². The first kappa shape index (κ1) is 10.4. The van der Waals surface area contributed by atoms with Crippen molar-refractivity contribution >= 4 is 10.9 Å². The molecule has 0 aliphatic heterocycles. The molecule has 0 bridgehead atoms. The summed E-state index contributed by atoms with van der Waals surface area (Å²) in [4.78, 5) is 12.4. The van der Waals surface area contributed by atoms with Crippen LogP contribution in [-0.2, 0) is 0 Å². The maximum Gasteiger partial charge on any atom is 0.116 e. The Morgan fingerprint density at radius 2 is 1.89 bits per heavy atom. The Morgan fingerprint density at radius 1 is 0.889 bits per heavy atom. The van der Waals surface area contributed by atoms with Crippen LogP contribution in [0, 0.1) is 11.8 Å². The molecule has 18 heavy (non-hydrogen) atoms. The van der Waals surface area contributed by atoms with Crippen molar-refractivity contribution in [3.63, 3.8) is 0 Å². The Morgan fingerprint density at radius 3 is 2.78 bits per heavy atom. The van der Waals surface area contributed by atoms with E-state index in [-0.39, 0.29) is 0 Å². The van der Waals surface area contributed by atoms with Gasteiger partial charge in [0.1, 0.15) is 12.0 Å². The Hall–Kier alpha value is -2.73. The molecule has 0 fully saturated rings. The van der Waals surface area contributed by atoms with E-state index < -0.39 is 0 Å². The van der Waals surface area contributed by atoms with Crippen molar-refractivity contribution in [1.29, 1.82) is 0 Å². The number of pyridine rings is 1. The van der Waals surface area contributed by atoms with Crippen molar-refractivity contribution < 1.29 is 0 Å². The van der Waals surface area contributed by atoms with Crippen LogP contribution in [0.2, 0.25) is 0 Å². The third kappa shape index (κ3) is 2.04. The van der Waals surface area contributed by atoms with Crippen LogP contribution in [0.3, 0.4) is 0 Å². The van der Waals surface area contributed by atoms with Gasteiger partial charge in [-0.05, 0) is 24.1 Å². The summed E-state index contributed by atoms with van der Waals surface area (Å²) in [5, 5.41) is 0.991. The van der Waals surface area contributed by atoms with Crippen molar-refractivity contribution in [2.24, 2.45) is 0 Å². The van der Waals surface area contributed by atoms with E-state index in [9.17, 15) is 0 Å². The lowest BCUT2D eigenvalue weighted by Gasteiger charge is -1.97. The van der Waals surface area contributed by atoms with Gasteiger partial charge in [-0.25, -0.2) is 15.0 Å². The van der Waals surface area contributed by atoms with Crippen molar-refractivity contribution in [2.45, 2.75) is 0 Å². The molecule has 0 unspecified atom stereocenters. The highest BCUT2D eigenvalue weighted by molar-refractivity contribution is 5.83. The van der Waals surface area contributed by atoms with E-state index >= 15 is 0 Å². The number of hydrogen-bond acceptors (Lipinski definition) is 3. The zero-order valence-electron chi connectivity index (χ0n) is 9.54. The van der Waals surface area contributed by atoms with Gasteiger partial charge >= 0.3 is 0 Å². The first-order chi connectivity index (χ1) is 8.93. The predicted octanol–water partition coefficient (Wildman–Crippen LogP) is 2.42. The molecule has 0 atom stereocenters. The molecule has 0 radical (unpaired) electrons. The van der Waals surface area contributed by atoms with Gasteiger partial charge in [0, 0.05) is 17.8 Å². The van der Waals surface area contributed by atoms with Gasteiger partial charge in [-0.3, -0.25) is 0 Å². The van der Waals surface area contributed by atoms with E-state index in [1.165, 1.54) is 6.33 Å². The van der Waals surface area contributed by atoms with Gasteiger partial charge in [-0.2, -0.15) is 0 Å². The van der Waals surface area contributed by atoms with Crippen molar-refractivity contribution in [2.75, 3.05) is 0 Å². The number of aromatic nitrogens is 3. The molecule has 0 N–H and O–H groups in total. The topological polar surface area (TPSA) is 38.7 Å². The van der Waals surface area contributed by atoms with Gasteiger partial charge in [-0.15, -0.1) is 0 Å². The Bertz CT molecular complexity index is 734. The molecular weight excluding hydrogens is 222 g/mol. The summed E-state index contributed by atoms with van der Waals surface area (Å²) in [7, 11) is 0. The molecule has 3 nitrogen and oxygen atoms in total. The second-order valence-corrected chi connectivity index (χ2v) is 3.73. The van der Waals surface area contributed by atoms with E-state index in [0.717, 1.165) is 22.2 Å². The molecule has 3 aromatic rings. The first-order valence-electron chi connectivity index (χ1n) is 5.55. The fraction of sp³-hybridized carbons (Fsp3) is 0. The number of hydrogen-bond donors (Lipinski definition) is 0. The van der Waals surface area contributed by atoms with Crippen LogP contribution >= 0.6 is 0 Å². The van der Waals surface area contributed by atoms with Crippen LogP contribution in [0.25, 0.3) is 10.9 Å². The van der Waals surface area contributed by atoms with Gasteiger partial charge in [0.05, 0.1) is 11.1 Å². The zero-order valence-corrected chi connectivity index (χ0v) is 9.54. The zero-order chi connectivity index (χ0) is 12.2. The molecule has 0 saturated carbocycles. The van der Waals surface area contributed by atoms with Gasteiger partial charge in [0.25, 0.3) is 0 Å². The molecule has 0 saturated heterocycles. The molecule has 0 spiro atoms. The van der Waals surface area contributed by atoms with E-state index in [0.29, 0.717) is 0 Å². The van der Waals surface area contributed by atoms with Crippen LogP contribution in [-0.4, -0.2) is 15.0 Å². The Kier molecular flexibility index (Phi) is 2.69. The molecule has 1 aromatic carbocycles. The van der Waals surface area contributed by atoms with Crippen LogP contribution in [0.5, 0.6) is 0 Å². The summed E-state index contributed by atoms with van der Waals surface area (Å²) >= 11 is 0. The number of fused-ring (bicyclic) bond motifs is 1. The first-order valence-corrected chi connectivity index (χ1v) is 5.55. The fourth-order valence-electron chi connectivity index (χ4n) is 1.68. The summed E-state index contributed by atoms with van der Waals surface area (Å²) in [6.07, 6.45) is 5.05. The monoisotopic (exact) mass is 231 g/mol. The minimum absolute atomic E-state index is 0.753. The quantitative estimate of drug-likeness (QED) is 0.558. The smallest absolute Gasteiger partial charge is 0.116 e. The fourth-order valence-corrected chi connectivity index (χ4v) is 1.68. The lowest BCUT2D eigenvalue weighted by atomic mass is 10.1. The van der Waals surface area contributed by atoms with E-state index in [2.05, 4.69) is 26.8 Å². The molecule has 84 valence electrons. The second-order valence-electron chi connectivity index (χ2n) is 3.73. The van der Waals surface area contributed by atoms with Gasteiger partial charge in [0.15, 0.2) is 0 Å². The lowest BCUT2D eigenvalue weighted by Crippen LogP contribution is -1.86. The normalized spacial score (nSPS) is 9.78. The summed E-state index contributed by atoms with van der Waals surface area (Å²) in [6.45, 7) is 0. The second kappa shape index (κ2) is 4.64. The summed E-state index contributed by atoms with van der Waals surface area (Å²) in [6, 6.07) is 11.5. The third-order valence-electron chi connectivity index (χ3n) is 2.52. The van der Waals surface area contributed by atoms with Gasteiger partial charge in [-0.1, -0.05) is 24.1 Å². The van der Waals surface area contributed by atoms with E-state index in [1.54, 1.807) is 12.4 Å². The highest BCUT2D eigenvalue weighted by Crippen LogP contribution is 2.13. The van der Waals surface area contributed by atoms with Crippen molar-refractivity contribution in [3.05, 3.63) is 66.4 Å². The third-order valence-corrected chi connectivity index (χ3v) is 2.52. The summed E-state index contributed by atoms with van der Waals surface area (Å²) in [5.41, 5.74) is 2.51. The number of nitrogens with zero attached hydrogens (tertiary/aromatic N) is 3. The molecular formula is C15H9N3. The Balaban J connectivity index is 2.09. The molecule has 2 aromatic heterocycles. The minimum atomic E-state index is 0.753. The average Bonchev–Trinajstić information content (AvgIpc) is 2.46. The summed E-state index contributed by atoms with van der Waals surface area (Å²) < 4.78 is 0. The minimum Gasteiger partial charge on any atom is -0.248 e. The predicted molar refractivity (Wildman–Crippen MR) is 69.8 cm³/mol. The maximum atomic E-state index is 4.26. The molecule has 3 rings (SSSR count). The SMILES string of the molecule is C(#Cc1cccc2cncnc12)c1ccccn1. The van der Waals surface area contributed by atoms with Crippen LogP contribution < -0.4 is 0 Å². The summed E-state index contributed by atoms with van der Waals surface area (Å²) in [5.74, 6) is 6.13. The standard InChI is InChI=1S/C15H9N3/c1-2-9-17-14(6-1)8-7-12-4-3-5-13-10-16-11-18-15(12)13/h1-6,9-11H. The lowest BCUT2D eigenvalue weighted by molar-refractivity contribution is 1.22. The molecule has 0 aliphatic carbocycles. The van der Waals surface area contributed by atoms with Crippen LogP contribution in [0.1, 0.15) is 11.3 Å². The molecule has 0 amide bonds. The largest absolute Gasteiger partial charge is 0.248 e. The Labute approximate surface area is 105 Å². The number of benzene rings is 1. The highest BCUT2D eigenvalue weighted by atomic mass is 14.8. The highest BCUT2D eigenvalue weighted by Gasteiger charge is 1.98. The molecule has 0 aliphatic rings. The molecule has 2 heterocycles. The number of rotatable bonds is 0. The number of para-hydroxylation sites is 1. The molecule has 3 heteroatoms.